The van der Waals surface area contributed by atoms with Crippen molar-refractivity contribution in [2.24, 2.45) is 0 Å². The Hall–Kier alpha value is -1.59. The van der Waals surface area contributed by atoms with Crippen LogP contribution in [0, 0.1) is 18.6 Å². The number of aryl methyl sites for hydroxylation is 1. The largest absolute Gasteiger partial charge is 0.375 e. The molecule has 0 heterocycles. The summed E-state index contributed by atoms with van der Waals surface area (Å²) in [6.07, 6.45) is -3.10. The minimum Gasteiger partial charge on any atom is -0.375 e. The third-order valence-corrected chi connectivity index (χ3v) is 1.94. The third-order valence-electron chi connectivity index (χ3n) is 1.94. The van der Waals surface area contributed by atoms with E-state index in [9.17, 15) is 22.4 Å². The van der Waals surface area contributed by atoms with Gasteiger partial charge in [0.2, 0.25) is 5.78 Å². The molecule has 0 aliphatic carbocycles. The first-order chi connectivity index (χ1) is 7.41. The van der Waals surface area contributed by atoms with Crippen molar-refractivity contribution in [2.75, 3.05) is 11.9 Å². The van der Waals surface area contributed by atoms with Gasteiger partial charge in [-0.25, -0.2) is 17.6 Å². The number of rotatable bonds is 4. The predicted octanol–water partition coefficient (Wildman–Crippen LogP) is 2.52. The average molecular weight is 235 g/mol. The Morgan fingerprint density at radius 2 is 1.94 bits per heavy atom. The molecule has 0 saturated heterocycles. The molecular weight excluding hydrogens is 226 g/mol. The van der Waals surface area contributed by atoms with Crippen molar-refractivity contribution in [2.45, 2.75) is 13.3 Å². The van der Waals surface area contributed by atoms with E-state index < -0.39 is 30.4 Å². The SMILES string of the molecule is Cc1cc(NCC(=O)C(F)F)c(F)cc1F. The van der Waals surface area contributed by atoms with Crippen molar-refractivity contribution >= 4 is 11.5 Å². The van der Waals surface area contributed by atoms with Crippen molar-refractivity contribution in [3.05, 3.63) is 29.3 Å². The number of halogens is 4. The van der Waals surface area contributed by atoms with Crippen molar-refractivity contribution in [1.82, 2.24) is 0 Å². The quantitative estimate of drug-likeness (QED) is 0.812. The van der Waals surface area contributed by atoms with Crippen LogP contribution in [0.4, 0.5) is 23.2 Å². The number of alkyl halides is 2. The molecule has 6 heteroatoms. The Labute approximate surface area is 89.3 Å². The number of ketones is 1. The lowest BCUT2D eigenvalue weighted by Crippen LogP contribution is -2.21. The van der Waals surface area contributed by atoms with E-state index in [-0.39, 0.29) is 11.3 Å². The summed E-state index contributed by atoms with van der Waals surface area (Å²) in [5, 5.41) is 2.19. The maximum Gasteiger partial charge on any atom is 0.297 e. The minimum absolute atomic E-state index is 0.161. The van der Waals surface area contributed by atoms with Gasteiger partial charge >= 0.3 is 0 Å². The molecule has 2 nitrogen and oxygen atoms in total. The van der Waals surface area contributed by atoms with Crippen LogP contribution in [0.15, 0.2) is 12.1 Å². The Balaban J connectivity index is 2.75. The van der Waals surface area contributed by atoms with Gasteiger partial charge < -0.3 is 5.32 Å². The molecule has 0 spiro atoms. The van der Waals surface area contributed by atoms with E-state index in [2.05, 4.69) is 5.32 Å². The molecule has 0 aliphatic rings. The van der Waals surface area contributed by atoms with Gasteiger partial charge in [-0.05, 0) is 18.6 Å². The molecule has 0 atom stereocenters. The van der Waals surface area contributed by atoms with E-state index in [1.807, 2.05) is 0 Å². The zero-order valence-electron chi connectivity index (χ0n) is 8.36. The van der Waals surface area contributed by atoms with Gasteiger partial charge in [-0.2, -0.15) is 0 Å². The van der Waals surface area contributed by atoms with Gasteiger partial charge in [0.15, 0.2) is 0 Å². The minimum atomic E-state index is -3.10. The highest BCUT2D eigenvalue weighted by atomic mass is 19.3. The predicted molar refractivity (Wildman–Crippen MR) is 50.6 cm³/mol. The first kappa shape index (κ1) is 12.5. The van der Waals surface area contributed by atoms with Gasteiger partial charge in [0.1, 0.15) is 11.6 Å². The lowest BCUT2D eigenvalue weighted by molar-refractivity contribution is -0.127. The highest BCUT2D eigenvalue weighted by Gasteiger charge is 2.15. The number of hydrogen-bond acceptors (Lipinski definition) is 2. The average Bonchev–Trinajstić information content (AvgIpc) is 2.20. The molecule has 0 bridgehead atoms. The zero-order valence-corrected chi connectivity index (χ0v) is 8.36. The molecule has 1 aromatic carbocycles. The van der Waals surface area contributed by atoms with Crippen LogP contribution < -0.4 is 5.32 Å². The molecule has 88 valence electrons. The number of hydrogen-bond donors (Lipinski definition) is 1. The number of carbonyl (C=O) groups is 1. The molecule has 1 rings (SSSR count). The molecule has 1 aromatic rings. The lowest BCUT2D eigenvalue weighted by atomic mass is 10.2. The van der Waals surface area contributed by atoms with E-state index in [0.717, 1.165) is 6.07 Å². The van der Waals surface area contributed by atoms with E-state index in [4.69, 9.17) is 0 Å². The molecule has 1 N–H and O–H groups in total. The summed E-state index contributed by atoms with van der Waals surface area (Å²) in [6, 6.07) is 1.74. The standard InChI is InChI=1S/C10H9F4NO/c1-5-2-8(7(12)3-6(5)11)15-4-9(16)10(13)14/h2-3,10,15H,4H2,1H3. The Morgan fingerprint density at radius 3 is 2.50 bits per heavy atom. The molecule has 0 radical (unpaired) electrons. The molecule has 0 saturated carbocycles. The van der Waals surface area contributed by atoms with Crippen molar-refractivity contribution in [3.63, 3.8) is 0 Å². The third kappa shape index (κ3) is 2.95. The van der Waals surface area contributed by atoms with Crippen LogP contribution in [0.3, 0.4) is 0 Å². The maximum atomic E-state index is 13.1. The number of nitrogens with one attached hydrogen (secondary N) is 1. The van der Waals surface area contributed by atoms with Gasteiger partial charge in [0.05, 0.1) is 12.2 Å². The number of anilines is 1. The zero-order chi connectivity index (χ0) is 12.3. The summed E-state index contributed by atoms with van der Waals surface area (Å²) >= 11 is 0. The fraction of sp³-hybridized carbons (Fsp3) is 0.300. The highest BCUT2D eigenvalue weighted by Crippen LogP contribution is 2.18. The summed E-state index contributed by atoms with van der Waals surface area (Å²) in [5.74, 6) is -3.00. The van der Waals surface area contributed by atoms with Crippen LogP contribution in [0.1, 0.15) is 5.56 Å². The molecule has 0 aromatic heterocycles. The monoisotopic (exact) mass is 235 g/mol. The van der Waals surface area contributed by atoms with E-state index >= 15 is 0 Å². The summed E-state index contributed by atoms with van der Waals surface area (Å²) in [4.78, 5) is 10.6. The van der Waals surface area contributed by atoms with Gasteiger partial charge in [-0.15, -0.1) is 0 Å². The second-order valence-electron chi connectivity index (χ2n) is 3.20. The molecular formula is C10H9F4NO. The lowest BCUT2D eigenvalue weighted by Gasteiger charge is -2.08. The molecule has 0 amide bonds. The Kier molecular flexibility index (Phi) is 3.87. The second-order valence-corrected chi connectivity index (χ2v) is 3.20. The van der Waals surface area contributed by atoms with Crippen molar-refractivity contribution in [3.8, 4) is 0 Å². The fourth-order valence-corrected chi connectivity index (χ4v) is 1.05. The van der Waals surface area contributed by atoms with Gasteiger partial charge in [-0.1, -0.05) is 0 Å². The molecule has 0 fully saturated rings. The fourth-order valence-electron chi connectivity index (χ4n) is 1.05. The Bertz CT molecular complexity index is 406. The number of Topliss-reactive ketones (excluding diaryl/α,β-unsaturated/α-hetero) is 1. The first-order valence-corrected chi connectivity index (χ1v) is 4.42. The molecule has 0 aliphatic heterocycles. The van der Waals surface area contributed by atoms with Gasteiger partial charge in [0.25, 0.3) is 6.43 Å². The Morgan fingerprint density at radius 1 is 1.31 bits per heavy atom. The van der Waals surface area contributed by atoms with Crippen LogP contribution in [0.2, 0.25) is 0 Å². The van der Waals surface area contributed by atoms with Gasteiger partial charge in [-0.3, -0.25) is 4.79 Å². The number of carbonyl (C=O) groups excluding carboxylic acids is 1. The highest BCUT2D eigenvalue weighted by molar-refractivity contribution is 5.85. The summed E-state index contributed by atoms with van der Waals surface area (Å²) in [6.45, 7) is 0.703. The van der Waals surface area contributed by atoms with Crippen molar-refractivity contribution < 1.29 is 22.4 Å². The number of benzene rings is 1. The topological polar surface area (TPSA) is 29.1 Å². The smallest absolute Gasteiger partial charge is 0.297 e. The van der Waals surface area contributed by atoms with Crippen LogP contribution in [0.25, 0.3) is 0 Å². The summed E-state index contributed by atoms with van der Waals surface area (Å²) in [5.41, 5.74) is -0.0127. The van der Waals surface area contributed by atoms with E-state index in [1.54, 1.807) is 0 Å². The van der Waals surface area contributed by atoms with Crippen LogP contribution in [-0.2, 0) is 4.79 Å². The second kappa shape index (κ2) is 4.96. The normalized spacial score (nSPS) is 10.6. The summed E-state index contributed by atoms with van der Waals surface area (Å²) in [7, 11) is 0. The van der Waals surface area contributed by atoms with E-state index in [1.165, 1.54) is 6.92 Å². The molecule has 16 heavy (non-hydrogen) atoms. The van der Waals surface area contributed by atoms with Crippen LogP contribution in [-0.4, -0.2) is 18.8 Å². The molecule has 0 unspecified atom stereocenters. The van der Waals surface area contributed by atoms with Crippen LogP contribution in [0.5, 0.6) is 0 Å². The van der Waals surface area contributed by atoms with Crippen LogP contribution >= 0.6 is 0 Å². The maximum absolute atomic E-state index is 13.1. The first-order valence-electron chi connectivity index (χ1n) is 4.42. The van der Waals surface area contributed by atoms with E-state index in [0.29, 0.717) is 6.07 Å². The van der Waals surface area contributed by atoms with Crippen molar-refractivity contribution in [1.29, 1.82) is 0 Å². The summed E-state index contributed by atoms with van der Waals surface area (Å²) < 4.78 is 49.6. The van der Waals surface area contributed by atoms with Gasteiger partial charge in [0, 0.05) is 6.07 Å².